The summed E-state index contributed by atoms with van der Waals surface area (Å²) >= 11 is 1.07. The fourth-order valence-corrected chi connectivity index (χ4v) is 4.65. The molecule has 0 aliphatic carbocycles. The Morgan fingerprint density at radius 2 is 1.49 bits per heavy atom. The molecule has 0 N–H and O–H groups in total. The smallest absolute Gasteiger partial charge is 0.434 e. The summed E-state index contributed by atoms with van der Waals surface area (Å²) in [6, 6.07) is 4.74. The van der Waals surface area contributed by atoms with Crippen LogP contribution >= 0.6 is 22.6 Å². The highest BCUT2D eigenvalue weighted by molar-refractivity contribution is 14.1. The largest absolute Gasteiger partial charge is 0.435 e. The molecule has 0 saturated carbocycles. The monoisotopic (exact) mass is 743 g/mol. The van der Waals surface area contributed by atoms with Gasteiger partial charge in [-0.25, -0.2) is 17.6 Å². The van der Waals surface area contributed by atoms with Crippen molar-refractivity contribution in [1.29, 1.82) is 0 Å². The highest BCUT2D eigenvalue weighted by Crippen LogP contribution is 2.54. The first-order chi connectivity index (χ1) is 19.7. The van der Waals surface area contributed by atoms with E-state index in [1.807, 2.05) is 0 Å². The number of nitrogens with zero attached hydrogens (tertiary/aromatic N) is 1. The number of halogens is 13. The van der Waals surface area contributed by atoms with E-state index in [2.05, 4.69) is 4.74 Å². The molecule has 0 atom stereocenters. The van der Waals surface area contributed by atoms with Crippen LogP contribution in [0.15, 0.2) is 48.5 Å². The molecule has 0 unspecified atom stereocenters. The maximum absolute atomic E-state index is 15.4. The quantitative estimate of drug-likeness (QED) is 0.133. The number of carbonyl (C=O) groups is 2. The van der Waals surface area contributed by atoms with E-state index in [1.165, 1.54) is 0 Å². The van der Waals surface area contributed by atoms with Crippen molar-refractivity contribution < 1.29 is 67.0 Å². The van der Waals surface area contributed by atoms with E-state index in [1.54, 1.807) is 0 Å². The minimum atomic E-state index is -6.58. The molecule has 0 aliphatic heterocycles. The second-order valence-electron chi connectivity index (χ2n) is 8.70. The molecule has 43 heavy (non-hydrogen) atoms. The van der Waals surface area contributed by atoms with Crippen molar-refractivity contribution in [3.05, 3.63) is 91.8 Å². The fourth-order valence-electron chi connectivity index (χ4n) is 3.85. The maximum atomic E-state index is 15.4. The summed E-state index contributed by atoms with van der Waals surface area (Å²) in [5.41, 5.74) is -10.7. The summed E-state index contributed by atoms with van der Waals surface area (Å²) in [6.07, 6.45) is -14.3. The molecule has 4 nitrogen and oxygen atoms in total. The Labute approximate surface area is 247 Å². The predicted octanol–water partition coefficient (Wildman–Crippen LogP) is 8.30. The molecule has 0 heterocycles. The molecular formula is C26H14F12INO3. The molecular weight excluding hydrogens is 729 g/mol. The van der Waals surface area contributed by atoms with Gasteiger partial charge in [-0.1, -0.05) is 6.07 Å². The van der Waals surface area contributed by atoms with Gasteiger partial charge in [0.05, 0.1) is 11.3 Å². The number of amides is 1. The SMILES string of the molecule is CN(C(=O)c1ccc(F)c(F)c1)c1cccc(C(=O)Cc2c(I)cc(C(F)(C(F)(F)F)C(F)(F)F)cc2OC(F)F)c1F. The topological polar surface area (TPSA) is 46.6 Å². The number of hydrogen-bond donors (Lipinski definition) is 0. The van der Waals surface area contributed by atoms with E-state index in [-0.39, 0.29) is 12.1 Å². The van der Waals surface area contributed by atoms with Crippen LogP contribution in [0.5, 0.6) is 5.75 Å². The van der Waals surface area contributed by atoms with Gasteiger partial charge in [0.15, 0.2) is 23.2 Å². The summed E-state index contributed by atoms with van der Waals surface area (Å²) in [6.45, 7) is -3.85. The maximum Gasteiger partial charge on any atom is 0.435 e. The number of Topliss-reactive ketones (excluding diaryl/α,β-unsaturated/α-hetero) is 1. The fraction of sp³-hybridized carbons (Fsp3) is 0.231. The Hall–Kier alpha value is -3.51. The zero-order chi connectivity index (χ0) is 32.7. The minimum Gasteiger partial charge on any atom is -0.434 e. The number of ether oxygens (including phenoxy) is 1. The van der Waals surface area contributed by atoms with Crippen LogP contribution in [0.1, 0.15) is 31.8 Å². The summed E-state index contributed by atoms with van der Waals surface area (Å²) < 4.78 is 166. The summed E-state index contributed by atoms with van der Waals surface area (Å²) in [4.78, 5) is 26.3. The van der Waals surface area contributed by atoms with E-state index in [4.69, 9.17) is 0 Å². The van der Waals surface area contributed by atoms with Gasteiger partial charge in [-0.2, -0.15) is 35.1 Å². The van der Waals surface area contributed by atoms with E-state index in [0.29, 0.717) is 17.0 Å². The number of hydrogen-bond acceptors (Lipinski definition) is 3. The van der Waals surface area contributed by atoms with Crippen LogP contribution in [0.4, 0.5) is 58.4 Å². The van der Waals surface area contributed by atoms with Crippen LogP contribution in [0.25, 0.3) is 0 Å². The molecule has 232 valence electrons. The average Bonchev–Trinajstić information content (AvgIpc) is 2.89. The molecule has 1 amide bonds. The minimum absolute atomic E-state index is 0.0313. The summed E-state index contributed by atoms with van der Waals surface area (Å²) in [5.74, 6) is -7.78. The summed E-state index contributed by atoms with van der Waals surface area (Å²) in [7, 11) is 1.01. The summed E-state index contributed by atoms with van der Waals surface area (Å²) in [5, 5.41) is 0. The lowest BCUT2D eigenvalue weighted by molar-refractivity contribution is -0.348. The van der Waals surface area contributed by atoms with Gasteiger partial charge in [0.2, 0.25) is 0 Å². The second-order valence-corrected chi connectivity index (χ2v) is 9.86. The first-order valence-corrected chi connectivity index (χ1v) is 12.4. The van der Waals surface area contributed by atoms with Gasteiger partial charge in [0.1, 0.15) is 5.75 Å². The van der Waals surface area contributed by atoms with Crippen molar-refractivity contribution >= 4 is 40.0 Å². The Morgan fingerprint density at radius 1 is 0.884 bits per heavy atom. The molecule has 0 fully saturated rings. The molecule has 3 aromatic carbocycles. The molecule has 0 saturated heterocycles. The van der Waals surface area contributed by atoms with Crippen molar-refractivity contribution in [3.63, 3.8) is 0 Å². The number of carbonyl (C=O) groups excluding carboxylic acids is 2. The predicted molar refractivity (Wildman–Crippen MR) is 134 cm³/mol. The van der Waals surface area contributed by atoms with Gasteiger partial charge >= 0.3 is 24.6 Å². The Balaban J connectivity index is 2.05. The van der Waals surface area contributed by atoms with Crippen LogP contribution in [0.2, 0.25) is 0 Å². The van der Waals surface area contributed by atoms with E-state index < -0.39 is 97.5 Å². The molecule has 0 spiro atoms. The van der Waals surface area contributed by atoms with E-state index in [9.17, 15) is 57.9 Å². The van der Waals surface area contributed by atoms with Crippen LogP contribution in [0.3, 0.4) is 0 Å². The van der Waals surface area contributed by atoms with Gasteiger partial charge in [0.25, 0.3) is 5.91 Å². The molecule has 3 aromatic rings. The third kappa shape index (κ3) is 6.70. The van der Waals surface area contributed by atoms with E-state index in [0.717, 1.165) is 53.9 Å². The van der Waals surface area contributed by atoms with Crippen LogP contribution in [0, 0.1) is 21.0 Å². The standard InChI is InChI=1S/C26H14F12INO3/c1-40(22(42)11-5-6-15(27)16(28)7-11)18-4-2-3-13(21(18)29)19(41)10-14-17(39)8-12(9-20(14)43-23(30)31)24(32,25(33,34)35)26(36,37)38/h2-9,23H,10H2,1H3. The van der Waals surface area contributed by atoms with Crippen molar-refractivity contribution in [3.8, 4) is 5.75 Å². The lowest BCUT2D eigenvalue weighted by Crippen LogP contribution is -2.50. The molecule has 0 bridgehead atoms. The molecule has 17 heteroatoms. The number of anilines is 1. The molecule has 0 aromatic heterocycles. The normalized spacial score (nSPS) is 12.4. The number of benzene rings is 3. The van der Waals surface area contributed by atoms with Crippen LogP contribution in [-0.4, -0.2) is 37.7 Å². The zero-order valence-electron chi connectivity index (χ0n) is 21.0. The second kappa shape index (κ2) is 12.2. The van der Waals surface area contributed by atoms with Gasteiger partial charge in [0, 0.05) is 33.7 Å². The van der Waals surface area contributed by atoms with Crippen molar-refractivity contribution in [2.24, 2.45) is 0 Å². The Bertz CT molecular complexity index is 1540. The third-order valence-corrected chi connectivity index (χ3v) is 6.96. The molecule has 3 rings (SSSR count). The zero-order valence-corrected chi connectivity index (χ0v) is 23.1. The first kappa shape index (κ1) is 34.0. The lowest BCUT2D eigenvalue weighted by Gasteiger charge is -2.31. The average molecular weight is 743 g/mol. The van der Waals surface area contributed by atoms with Gasteiger partial charge in [-0.05, 0) is 65.1 Å². The highest BCUT2D eigenvalue weighted by atomic mass is 127. The first-order valence-electron chi connectivity index (χ1n) is 11.4. The van der Waals surface area contributed by atoms with Gasteiger partial charge in [-0.15, -0.1) is 0 Å². The molecule has 0 radical (unpaired) electrons. The van der Waals surface area contributed by atoms with Crippen molar-refractivity contribution in [1.82, 2.24) is 0 Å². The number of alkyl halides is 9. The van der Waals surface area contributed by atoms with E-state index >= 15 is 4.39 Å². The molecule has 0 aliphatic rings. The van der Waals surface area contributed by atoms with Crippen LogP contribution < -0.4 is 9.64 Å². The number of ketones is 1. The van der Waals surface area contributed by atoms with Gasteiger partial charge in [-0.3, -0.25) is 9.59 Å². The third-order valence-electron chi connectivity index (χ3n) is 6.00. The lowest BCUT2D eigenvalue weighted by atomic mass is 9.91. The highest BCUT2D eigenvalue weighted by Gasteiger charge is 2.73. The Morgan fingerprint density at radius 3 is 2.02 bits per heavy atom. The van der Waals surface area contributed by atoms with Crippen LogP contribution in [-0.2, 0) is 12.1 Å². The van der Waals surface area contributed by atoms with Crippen molar-refractivity contribution in [2.75, 3.05) is 11.9 Å². The number of rotatable bonds is 8. The van der Waals surface area contributed by atoms with Crippen molar-refractivity contribution in [2.45, 2.75) is 31.1 Å². The van der Waals surface area contributed by atoms with Gasteiger partial charge < -0.3 is 9.64 Å². The Kier molecular flexibility index (Phi) is 9.67.